The molecule has 0 aromatic heterocycles. The summed E-state index contributed by atoms with van der Waals surface area (Å²) in [5.41, 5.74) is 0. The van der Waals surface area contributed by atoms with Gasteiger partial charge in [0, 0.05) is 6.54 Å². The van der Waals surface area contributed by atoms with Crippen molar-refractivity contribution in [3.8, 4) is 0 Å². The summed E-state index contributed by atoms with van der Waals surface area (Å²) in [6, 6.07) is 0. The number of nitrogens with one attached hydrogen (secondary N) is 1. The van der Waals surface area contributed by atoms with Crippen LogP contribution in [-0.2, 0) is 14.8 Å². The Kier molecular flexibility index (Phi) is 6.51. The van der Waals surface area contributed by atoms with E-state index in [9.17, 15) is 13.2 Å². The standard InChI is InChI=1S/C9H19NO4S/c1-8(2)4-3-6-10-15(13,14)7-5-9(11)12/h8,10H,3-7H2,1-2H3,(H,11,12). The SMILES string of the molecule is CC(C)CCCNS(=O)(=O)CCC(=O)O. The minimum atomic E-state index is -3.41. The summed E-state index contributed by atoms with van der Waals surface area (Å²) in [4.78, 5) is 10.2. The first kappa shape index (κ1) is 14.4. The molecule has 0 fully saturated rings. The predicted molar refractivity (Wildman–Crippen MR) is 58.1 cm³/mol. The molecule has 0 amide bonds. The van der Waals surface area contributed by atoms with E-state index in [1.54, 1.807) is 0 Å². The number of carboxylic acids is 1. The molecule has 0 atom stereocenters. The molecule has 90 valence electrons. The third-order valence-electron chi connectivity index (χ3n) is 1.86. The molecule has 0 aliphatic rings. The van der Waals surface area contributed by atoms with Gasteiger partial charge in [-0.2, -0.15) is 0 Å². The lowest BCUT2D eigenvalue weighted by Gasteiger charge is -2.06. The molecule has 2 N–H and O–H groups in total. The fourth-order valence-electron chi connectivity index (χ4n) is 1.03. The smallest absolute Gasteiger partial charge is 0.304 e. The summed E-state index contributed by atoms with van der Waals surface area (Å²) in [6.07, 6.45) is 1.39. The van der Waals surface area contributed by atoms with Crippen LogP contribution in [0.25, 0.3) is 0 Å². The first-order valence-corrected chi connectivity index (χ1v) is 6.68. The minimum absolute atomic E-state index is 0.343. The number of carbonyl (C=O) groups is 1. The first-order valence-electron chi connectivity index (χ1n) is 5.02. The van der Waals surface area contributed by atoms with Crippen molar-refractivity contribution in [2.45, 2.75) is 33.1 Å². The van der Waals surface area contributed by atoms with Gasteiger partial charge in [-0.3, -0.25) is 4.79 Å². The van der Waals surface area contributed by atoms with Crippen LogP contribution in [0.1, 0.15) is 33.1 Å². The second-order valence-electron chi connectivity index (χ2n) is 3.89. The average molecular weight is 237 g/mol. The van der Waals surface area contributed by atoms with Crippen molar-refractivity contribution >= 4 is 16.0 Å². The molecule has 0 aliphatic carbocycles. The van der Waals surface area contributed by atoms with E-state index in [0.29, 0.717) is 12.5 Å². The van der Waals surface area contributed by atoms with Crippen molar-refractivity contribution in [3.63, 3.8) is 0 Å². The lowest BCUT2D eigenvalue weighted by Crippen LogP contribution is -2.28. The Morgan fingerprint density at radius 1 is 1.40 bits per heavy atom. The van der Waals surface area contributed by atoms with E-state index in [0.717, 1.165) is 12.8 Å². The van der Waals surface area contributed by atoms with Gasteiger partial charge in [-0.15, -0.1) is 0 Å². The number of hydrogen-bond donors (Lipinski definition) is 2. The van der Waals surface area contributed by atoms with E-state index in [-0.39, 0.29) is 12.2 Å². The summed E-state index contributed by atoms with van der Waals surface area (Å²) in [5, 5.41) is 8.33. The Morgan fingerprint density at radius 2 is 2.00 bits per heavy atom. The second kappa shape index (κ2) is 6.79. The average Bonchev–Trinajstić information content (AvgIpc) is 2.09. The van der Waals surface area contributed by atoms with E-state index in [4.69, 9.17) is 5.11 Å². The summed E-state index contributed by atoms with van der Waals surface area (Å²) in [5.74, 6) is -0.889. The number of carboxylic acid groups (broad SMARTS) is 1. The fraction of sp³-hybridized carbons (Fsp3) is 0.889. The maximum atomic E-state index is 11.2. The Bertz CT molecular complexity index is 284. The van der Waals surface area contributed by atoms with Gasteiger partial charge in [0.25, 0.3) is 0 Å². The summed E-state index contributed by atoms with van der Waals surface area (Å²) in [7, 11) is -3.41. The van der Waals surface area contributed by atoms with Gasteiger partial charge < -0.3 is 5.11 Å². The summed E-state index contributed by atoms with van der Waals surface area (Å²) < 4.78 is 24.8. The van der Waals surface area contributed by atoms with Gasteiger partial charge >= 0.3 is 5.97 Å². The lowest BCUT2D eigenvalue weighted by atomic mass is 10.1. The molecule has 0 bridgehead atoms. The van der Waals surface area contributed by atoms with Crippen LogP contribution in [0.2, 0.25) is 0 Å². The zero-order valence-electron chi connectivity index (χ0n) is 9.19. The van der Waals surface area contributed by atoms with Crippen molar-refractivity contribution in [1.29, 1.82) is 0 Å². The molecule has 0 aliphatic heterocycles. The molecular weight excluding hydrogens is 218 g/mol. The highest BCUT2D eigenvalue weighted by Gasteiger charge is 2.11. The zero-order chi connectivity index (χ0) is 11.9. The third-order valence-corrected chi connectivity index (χ3v) is 3.25. The van der Waals surface area contributed by atoms with Crippen molar-refractivity contribution in [2.75, 3.05) is 12.3 Å². The third kappa shape index (κ3) is 9.68. The highest BCUT2D eigenvalue weighted by Crippen LogP contribution is 2.02. The molecule has 5 nitrogen and oxygen atoms in total. The molecule has 0 unspecified atom stereocenters. The van der Waals surface area contributed by atoms with Crippen LogP contribution >= 0.6 is 0 Å². The van der Waals surface area contributed by atoms with Crippen LogP contribution in [-0.4, -0.2) is 31.8 Å². The molecule has 0 heterocycles. The quantitative estimate of drug-likeness (QED) is 0.612. The van der Waals surface area contributed by atoms with Crippen LogP contribution in [0.5, 0.6) is 0 Å². The van der Waals surface area contributed by atoms with E-state index in [1.165, 1.54) is 0 Å². The molecule has 15 heavy (non-hydrogen) atoms. The van der Waals surface area contributed by atoms with Crippen molar-refractivity contribution in [3.05, 3.63) is 0 Å². The first-order chi connectivity index (χ1) is 6.83. The Labute approximate surface area is 90.9 Å². The van der Waals surface area contributed by atoms with E-state index in [2.05, 4.69) is 18.6 Å². The predicted octanol–water partition coefficient (Wildman–Crippen LogP) is 0.817. The highest BCUT2D eigenvalue weighted by atomic mass is 32.2. The monoisotopic (exact) mass is 237 g/mol. The minimum Gasteiger partial charge on any atom is -0.481 e. The second-order valence-corrected chi connectivity index (χ2v) is 5.82. The van der Waals surface area contributed by atoms with Crippen molar-refractivity contribution in [2.24, 2.45) is 5.92 Å². The molecule has 0 aromatic rings. The Morgan fingerprint density at radius 3 is 2.47 bits per heavy atom. The van der Waals surface area contributed by atoms with Crippen LogP contribution in [0.15, 0.2) is 0 Å². The lowest BCUT2D eigenvalue weighted by molar-refractivity contribution is -0.136. The van der Waals surface area contributed by atoms with E-state index >= 15 is 0 Å². The van der Waals surface area contributed by atoms with Gasteiger partial charge in [0.1, 0.15) is 0 Å². The van der Waals surface area contributed by atoms with E-state index in [1.807, 2.05) is 0 Å². The Hall–Kier alpha value is -0.620. The number of rotatable bonds is 8. The van der Waals surface area contributed by atoms with Gasteiger partial charge in [0.2, 0.25) is 10.0 Å². The molecule has 0 saturated carbocycles. The number of hydrogen-bond acceptors (Lipinski definition) is 3. The van der Waals surface area contributed by atoms with Gasteiger partial charge in [-0.1, -0.05) is 13.8 Å². The number of sulfonamides is 1. The van der Waals surface area contributed by atoms with Crippen LogP contribution in [0, 0.1) is 5.92 Å². The molecule has 0 radical (unpaired) electrons. The van der Waals surface area contributed by atoms with E-state index < -0.39 is 16.0 Å². The Balaban J connectivity index is 3.70. The molecule has 0 spiro atoms. The maximum absolute atomic E-state index is 11.2. The van der Waals surface area contributed by atoms with Gasteiger partial charge in [-0.25, -0.2) is 13.1 Å². The van der Waals surface area contributed by atoms with Gasteiger partial charge in [-0.05, 0) is 18.8 Å². The van der Waals surface area contributed by atoms with Gasteiger partial charge in [0.05, 0.1) is 12.2 Å². The van der Waals surface area contributed by atoms with Gasteiger partial charge in [0.15, 0.2) is 0 Å². The summed E-state index contributed by atoms with van der Waals surface area (Å²) in [6.45, 7) is 4.53. The zero-order valence-corrected chi connectivity index (χ0v) is 10.0. The molecule has 0 rings (SSSR count). The van der Waals surface area contributed by atoms with Crippen LogP contribution < -0.4 is 4.72 Å². The molecule has 6 heteroatoms. The van der Waals surface area contributed by atoms with Crippen molar-refractivity contribution < 1.29 is 18.3 Å². The van der Waals surface area contributed by atoms with Crippen molar-refractivity contribution in [1.82, 2.24) is 4.72 Å². The van der Waals surface area contributed by atoms with Crippen LogP contribution in [0.4, 0.5) is 0 Å². The largest absolute Gasteiger partial charge is 0.481 e. The van der Waals surface area contributed by atoms with Crippen LogP contribution in [0.3, 0.4) is 0 Å². The normalized spacial score (nSPS) is 11.9. The fourth-order valence-corrected chi connectivity index (χ4v) is 2.07. The molecule has 0 aromatic carbocycles. The maximum Gasteiger partial charge on any atom is 0.304 e. The molecule has 0 saturated heterocycles. The number of aliphatic carboxylic acids is 1. The highest BCUT2D eigenvalue weighted by molar-refractivity contribution is 7.89. The topological polar surface area (TPSA) is 83.5 Å². The molecular formula is C9H19NO4S. The summed E-state index contributed by atoms with van der Waals surface area (Å²) >= 11 is 0.